The van der Waals surface area contributed by atoms with E-state index in [9.17, 15) is 0 Å². The second kappa shape index (κ2) is 6.30. The standard InChI is InChI=1S/C18H24N2S/c1-13-10-17(14(2)21-13)18(11-19)20-9-8-16(12-20)15-6-4-3-5-7-15/h3-7,10,16,18H,8-9,11-12,19H2,1-2H3. The van der Waals surface area contributed by atoms with Gasteiger partial charge in [-0.2, -0.15) is 0 Å². The summed E-state index contributed by atoms with van der Waals surface area (Å²) in [4.78, 5) is 5.39. The zero-order valence-corrected chi connectivity index (χ0v) is 13.7. The van der Waals surface area contributed by atoms with Gasteiger partial charge in [0, 0.05) is 28.9 Å². The maximum Gasteiger partial charge on any atom is 0.0481 e. The first-order valence-electron chi connectivity index (χ1n) is 7.75. The Morgan fingerprint density at radius 2 is 2.05 bits per heavy atom. The Labute approximate surface area is 131 Å². The zero-order valence-electron chi connectivity index (χ0n) is 12.9. The van der Waals surface area contributed by atoms with Gasteiger partial charge in [0.1, 0.15) is 0 Å². The summed E-state index contributed by atoms with van der Waals surface area (Å²) in [5, 5.41) is 0. The van der Waals surface area contributed by atoms with Gasteiger partial charge in [-0.1, -0.05) is 30.3 Å². The average molecular weight is 300 g/mol. The topological polar surface area (TPSA) is 29.3 Å². The average Bonchev–Trinajstić information content (AvgIpc) is 3.09. The van der Waals surface area contributed by atoms with Crippen LogP contribution < -0.4 is 5.73 Å². The van der Waals surface area contributed by atoms with Gasteiger partial charge in [0.25, 0.3) is 0 Å². The predicted molar refractivity (Wildman–Crippen MR) is 91.0 cm³/mol. The minimum atomic E-state index is 0.378. The molecule has 2 heterocycles. The monoisotopic (exact) mass is 300 g/mol. The lowest BCUT2D eigenvalue weighted by Gasteiger charge is -2.27. The number of benzene rings is 1. The molecule has 2 unspecified atom stereocenters. The van der Waals surface area contributed by atoms with Crippen LogP contribution in [-0.4, -0.2) is 24.5 Å². The van der Waals surface area contributed by atoms with Gasteiger partial charge in [0.15, 0.2) is 0 Å². The molecule has 2 N–H and O–H groups in total. The number of aryl methyl sites for hydroxylation is 2. The minimum absolute atomic E-state index is 0.378. The highest BCUT2D eigenvalue weighted by atomic mass is 32.1. The lowest BCUT2D eigenvalue weighted by atomic mass is 9.98. The van der Waals surface area contributed by atoms with Gasteiger partial charge in [-0.05, 0) is 49.9 Å². The molecule has 0 spiro atoms. The Balaban J connectivity index is 1.76. The molecule has 1 aliphatic heterocycles. The second-order valence-electron chi connectivity index (χ2n) is 6.01. The van der Waals surface area contributed by atoms with E-state index in [-0.39, 0.29) is 0 Å². The summed E-state index contributed by atoms with van der Waals surface area (Å²) in [6.45, 7) is 7.39. The van der Waals surface area contributed by atoms with Crippen LogP contribution >= 0.6 is 11.3 Å². The Hall–Kier alpha value is -1.16. The van der Waals surface area contributed by atoms with E-state index in [0.29, 0.717) is 18.5 Å². The van der Waals surface area contributed by atoms with Crippen molar-refractivity contribution < 1.29 is 0 Å². The number of nitrogens with zero attached hydrogens (tertiary/aromatic N) is 1. The van der Waals surface area contributed by atoms with E-state index in [1.54, 1.807) is 0 Å². The van der Waals surface area contributed by atoms with E-state index in [4.69, 9.17) is 5.73 Å². The van der Waals surface area contributed by atoms with Gasteiger partial charge in [0.2, 0.25) is 0 Å². The molecular weight excluding hydrogens is 276 g/mol. The Morgan fingerprint density at radius 1 is 1.29 bits per heavy atom. The second-order valence-corrected chi connectivity index (χ2v) is 7.47. The van der Waals surface area contributed by atoms with Crippen molar-refractivity contribution in [1.82, 2.24) is 4.90 Å². The van der Waals surface area contributed by atoms with Crippen LogP contribution in [0, 0.1) is 13.8 Å². The van der Waals surface area contributed by atoms with Crippen molar-refractivity contribution in [3.05, 3.63) is 57.3 Å². The number of thiophene rings is 1. The first kappa shape index (κ1) is 14.8. The third kappa shape index (κ3) is 3.05. The van der Waals surface area contributed by atoms with Gasteiger partial charge >= 0.3 is 0 Å². The van der Waals surface area contributed by atoms with Gasteiger partial charge in [-0.25, -0.2) is 0 Å². The van der Waals surface area contributed by atoms with Crippen LogP contribution in [0.1, 0.15) is 39.3 Å². The lowest BCUT2D eigenvalue weighted by Crippen LogP contribution is -2.32. The molecule has 1 fully saturated rings. The minimum Gasteiger partial charge on any atom is -0.329 e. The first-order valence-corrected chi connectivity index (χ1v) is 8.56. The molecule has 0 aliphatic carbocycles. The van der Waals surface area contributed by atoms with Gasteiger partial charge in [-0.15, -0.1) is 11.3 Å². The van der Waals surface area contributed by atoms with Crippen LogP contribution in [0.3, 0.4) is 0 Å². The first-order chi connectivity index (χ1) is 10.2. The third-order valence-electron chi connectivity index (χ3n) is 4.59. The summed E-state index contributed by atoms with van der Waals surface area (Å²) in [6, 6.07) is 13.6. The maximum absolute atomic E-state index is 6.11. The molecule has 1 aromatic carbocycles. The Morgan fingerprint density at radius 3 is 2.67 bits per heavy atom. The summed E-state index contributed by atoms with van der Waals surface area (Å²) in [6.07, 6.45) is 1.24. The highest BCUT2D eigenvalue weighted by molar-refractivity contribution is 7.12. The van der Waals surface area contributed by atoms with E-state index in [2.05, 4.69) is 55.1 Å². The molecule has 0 amide bonds. The molecule has 112 valence electrons. The van der Waals surface area contributed by atoms with E-state index < -0.39 is 0 Å². The number of hydrogen-bond donors (Lipinski definition) is 1. The van der Waals surface area contributed by atoms with Crippen molar-refractivity contribution >= 4 is 11.3 Å². The van der Waals surface area contributed by atoms with Crippen molar-refractivity contribution in [1.29, 1.82) is 0 Å². The molecule has 21 heavy (non-hydrogen) atoms. The molecule has 1 aliphatic rings. The number of likely N-dealkylation sites (tertiary alicyclic amines) is 1. The van der Waals surface area contributed by atoms with E-state index in [1.807, 2.05) is 11.3 Å². The molecule has 2 nitrogen and oxygen atoms in total. The van der Waals surface area contributed by atoms with Crippen LogP contribution in [0.2, 0.25) is 0 Å². The number of nitrogens with two attached hydrogens (primary N) is 1. The van der Waals surface area contributed by atoms with E-state index in [0.717, 1.165) is 13.1 Å². The third-order valence-corrected chi connectivity index (χ3v) is 5.57. The van der Waals surface area contributed by atoms with Gasteiger partial charge in [-0.3, -0.25) is 4.90 Å². The van der Waals surface area contributed by atoms with Gasteiger partial charge in [0.05, 0.1) is 0 Å². The molecule has 1 saturated heterocycles. The Kier molecular flexibility index (Phi) is 4.43. The molecule has 2 aromatic rings. The fourth-order valence-corrected chi connectivity index (χ4v) is 4.50. The molecule has 0 radical (unpaired) electrons. The van der Waals surface area contributed by atoms with Crippen molar-refractivity contribution in [3.63, 3.8) is 0 Å². The normalized spacial score (nSPS) is 20.8. The fourth-order valence-electron chi connectivity index (χ4n) is 3.52. The molecule has 0 bridgehead atoms. The molecular formula is C18H24N2S. The summed E-state index contributed by atoms with van der Waals surface area (Å²) in [7, 11) is 0. The SMILES string of the molecule is Cc1cc(C(CN)N2CCC(c3ccccc3)C2)c(C)s1. The smallest absolute Gasteiger partial charge is 0.0481 e. The fraction of sp³-hybridized carbons (Fsp3) is 0.444. The van der Waals surface area contributed by atoms with Crippen LogP contribution in [0.5, 0.6) is 0 Å². The molecule has 2 atom stereocenters. The largest absolute Gasteiger partial charge is 0.329 e. The molecule has 3 rings (SSSR count). The van der Waals surface area contributed by atoms with Crippen LogP contribution in [0.15, 0.2) is 36.4 Å². The summed E-state index contributed by atoms with van der Waals surface area (Å²) in [5.74, 6) is 0.653. The molecule has 3 heteroatoms. The summed E-state index contributed by atoms with van der Waals surface area (Å²) < 4.78 is 0. The number of hydrogen-bond acceptors (Lipinski definition) is 3. The maximum atomic E-state index is 6.11. The van der Waals surface area contributed by atoms with Gasteiger partial charge < -0.3 is 5.73 Å². The molecule has 0 saturated carbocycles. The summed E-state index contributed by atoms with van der Waals surface area (Å²) >= 11 is 1.89. The highest BCUT2D eigenvalue weighted by Crippen LogP contribution is 2.35. The van der Waals surface area contributed by atoms with E-state index >= 15 is 0 Å². The predicted octanol–water partition coefficient (Wildman–Crippen LogP) is 3.85. The molecule has 1 aromatic heterocycles. The van der Waals surface area contributed by atoms with Crippen molar-refractivity contribution in [3.8, 4) is 0 Å². The quantitative estimate of drug-likeness (QED) is 0.929. The Bertz CT molecular complexity index is 591. The highest BCUT2D eigenvalue weighted by Gasteiger charge is 2.30. The zero-order chi connectivity index (χ0) is 14.8. The summed E-state index contributed by atoms with van der Waals surface area (Å²) in [5.41, 5.74) is 9.02. The van der Waals surface area contributed by atoms with Crippen LogP contribution in [0.4, 0.5) is 0 Å². The van der Waals surface area contributed by atoms with Crippen molar-refractivity contribution in [2.24, 2.45) is 5.73 Å². The van der Waals surface area contributed by atoms with E-state index in [1.165, 1.54) is 27.3 Å². The van der Waals surface area contributed by atoms with Crippen molar-refractivity contribution in [2.75, 3.05) is 19.6 Å². The van der Waals surface area contributed by atoms with Crippen LogP contribution in [0.25, 0.3) is 0 Å². The van der Waals surface area contributed by atoms with Crippen LogP contribution in [-0.2, 0) is 0 Å². The lowest BCUT2D eigenvalue weighted by molar-refractivity contribution is 0.248. The number of rotatable bonds is 4. The van der Waals surface area contributed by atoms with Crippen molar-refractivity contribution in [2.45, 2.75) is 32.2 Å².